The first kappa shape index (κ1) is 16.1. The topological polar surface area (TPSA) is 84.3 Å². The predicted molar refractivity (Wildman–Crippen MR) is 77.5 cm³/mol. The Bertz CT molecular complexity index is 445. The lowest BCUT2D eigenvalue weighted by atomic mass is 10.1. The second-order valence-electron chi connectivity index (χ2n) is 4.67. The second kappa shape index (κ2) is 8.27. The Balaban J connectivity index is 2.33. The summed E-state index contributed by atoms with van der Waals surface area (Å²) >= 11 is 0. The van der Waals surface area contributed by atoms with Gasteiger partial charge in [-0.05, 0) is 18.5 Å². The van der Waals surface area contributed by atoms with E-state index < -0.39 is 4.92 Å². The van der Waals surface area contributed by atoms with Gasteiger partial charge in [0.2, 0.25) is 5.91 Å². The Morgan fingerprint density at radius 1 is 1.35 bits per heavy atom. The van der Waals surface area contributed by atoms with Gasteiger partial charge in [0, 0.05) is 31.1 Å². The highest BCUT2D eigenvalue weighted by Crippen LogP contribution is 2.11. The van der Waals surface area contributed by atoms with Gasteiger partial charge in [0.15, 0.2) is 0 Å². The lowest BCUT2D eigenvalue weighted by Gasteiger charge is -2.12. The molecule has 1 aromatic rings. The van der Waals surface area contributed by atoms with Crippen LogP contribution in [0.15, 0.2) is 24.3 Å². The molecule has 1 atom stereocenters. The van der Waals surface area contributed by atoms with Crippen LogP contribution in [0.3, 0.4) is 0 Å². The average molecular weight is 279 g/mol. The van der Waals surface area contributed by atoms with E-state index in [0.29, 0.717) is 19.5 Å². The third-order valence-electron chi connectivity index (χ3n) is 3.01. The summed E-state index contributed by atoms with van der Waals surface area (Å²) in [4.78, 5) is 21.8. The molecular formula is C14H21N3O3. The van der Waals surface area contributed by atoms with Gasteiger partial charge in [-0.2, -0.15) is 0 Å². The van der Waals surface area contributed by atoms with Gasteiger partial charge in [-0.3, -0.25) is 14.9 Å². The van der Waals surface area contributed by atoms with Crippen molar-refractivity contribution in [3.63, 3.8) is 0 Å². The van der Waals surface area contributed by atoms with Crippen LogP contribution >= 0.6 is 0 Å². The van der Waals surface area contributed by atoms with Crippen LogP contribution in [0.2, 0.25) is 0 Å². The summed E-state index contributed by atoms with van der Waals surface area (Å²) in [6, 6.07) is 6.38. The van der Waals surface area contributed by atoms with Crippen molar-refractivity contribution in [3.05, 3.63) is 39.9 Å². The molecule has 0 aliphatic rings. The molecule has 6 heteroatoms. The van der Waals surface area contributed by atoms with Crippen molar-refractivity contribution in [2.45, 2.75) is 20.3 Å². The van der Waals surface area contributed by atoms with Crippen LogP contribution in [0.4, 0.5) is 5.69 Å². The highest BCUT2D eigenvalue weighted by atomic mass is 16.6. The third-order valence-corrected chi connectivity index (χ3v) is 3.01. The molecule has 0 aromatic heterocycles. The molecule has 110 valence electrons. The van der Waals surface area contributed by atoms with E-state index in [4.69, 9.17) is 0 Å². The van der Waals surface area contributed by atoms with Crippen LogP contribution in [-0.4, -0.2) is 30.5 Å². The van der Waals surface area contributed by atoms with Crippen molar-refractivity contribution in [1.82, 2.24) is 10.6 Å². The molecule has 6 nitrogen and oxygen atoms in total. The van der Waals surface area contributed by atoms with E-state index in [-0.39, 0.29) is 17.5 Å². The lowest BCUT2D eigenvalue weighted by molar-refractivity contribution is -0.384. The van der Waals surface area contributed by atoms with Gasteiger partial charge in [0.25, 0.3) is 5.69 Å². The second-order valence-corrected chi connectivity index (χ2v) is 4.67. The number of rotatable bonds is 8. The van der Waals surface area contributed by atoms with E-state index >= 15 is 0 Å². The smallest absolute Gasteiger partial charge is 0.269 e. The predicted octanol–water partition coefficient (Wildman–Crippen LogP) is 1.50. The van der Waals surface area contributed by atoms with Crippen LogP contribution in [-0.2, 0) is 11.2 Å². The van der Waals surface area contributed by atoms with Gasteiger partial charge < -0.3 is 10.6 Å². The SMILES string of the molecule is CCNCC(C)C(=O)NCCc1ccc([N+](=O)[O-])cc1. The van der Waals surface area contributed by atoms with Gasteiger partial charge in [-0.25, -0.2) is 0 Å². The summed E-state index contributed by atoms with van der Waals surface area (Å²) in [6.07, 6.45) is 0.664. The number of amides is 1. The maximum atomic E-state index is 11.7. The van der Waals surface area contributed by atoms with Crippen molar-refractivity contribution in [3.8, 4) is 0 Å². The number of carbonyl (C=O) groups excluding carboxylic acids is 1. The molecule has 0 spiro atoms. The molecule has 2 N–H and O–H groups in total. The summed E-state index contributed by atoms with van der Waals surface area (Å²) in [5, 5.41) is 16.5. The minimum atomic E-state index is -0.423. The molecule has 0 saturated carbocycles. The Morgan fingerprint density at radius 2 is 2.00 bits per heavy atom. The number of carbonyl (C=O) groups is 1. The van der Waals surface area contributed by atoms with Gasteiger partial charge in [-0.1, -0.05) is 26.0 Å². The highest BCUT2D eigenvalue weighted by molar-refractivity contribution is 5.78. The first-order chi connectivity index (χ1) is 9.54. The summed E-state index contributed by atoms with van der Waals surface area (Å²) in [7, 11) is 0. The molecule has 0 bridgehead atoms. The highest BCUT2D eigenvalue weighted by Gasteiger charge is 2.11. The van der Waals surface area contributed by atoms with E-state index in [0.717, 1.165) is 12.1 Å². The van der Waals surface area contributed by atoms with Gasteiger partial charge in [0.05, 0.1) is 4.92 Å². The standard InChI is InChI=1S/C14H21N3O3/c1-3-15-10-11(2)14(18)16-9-8-12-4-6-13(7-5-12)17(19)20/h4-7,11,15H,3,8-10H2,1-2H3,(H,16,18). The fourth-order valence-electron chi connectivity index (χ4n) is 1.74. The van der Waals surface area contributed by atoms with Crippen LogP contribution in [0.1, 0.15) is 19.4 Å². The number of nitrogens with one attached hydrogen (secondary N) is 2. The van der Waals surface area contributed by atoms with Crippen molar-refractivity contribution < 1.29 is 9.72 Å². The average Bonchev–Trinajstić information content (AvgIpc) is 2.45. The van der Waals surface area contributed by atoms with E-state index in [1.165, 1.54) is 12.1 Å². The third kappa shape index (κ3) is 5.36. The number of nitro benzene ring substituents is 1. The number of hydrogen-bond acceptors (Lipinski definition) is 4. The minimum absolute atomic E-state index is 0.0212. The van der Waals surface area contributed by atoms with E-state index in [9.17, 15) is 14.9 Å². The molecule has 0 fully saturated rings. The summed E-state index contributed by atoms with van der Waals surface area (Å²) in [5.41, 5.74) is 1.05. The van der Waals surface area contributed by atoms with Crippen molar-refractivity contribution >= 4 is 11.6 Å². The van der Waals surface area contributed by atoms with Gasteiger partial charge in [-0.15, -0.1) is 0 Å². The molecule has 0 heterocycles. The summed E-state index contributed by atoms with van der Waals surface area (Å²) in [6.45, 7) is 5.93. The number of nitro groups is 1. The molecule has 1 unspecified atom stereocenters. The number of nitrogens with zero attached hydrogens (tertiary/aromatic N) is 1. The zero-order valence-electron chi connectivity index (χ0n) is 11.9. The summed E-state index contributed by atoms with van der Waals surface area (Å²) < 4.78 is 0. The van der Waals surface area contributed by atoms with E-state index in [2.05, 4.69) is 10.6 Å². The van der Waals surface area contributed by atoms with Crippen LogP contribution in [0, 0.1) is 16.0 Å². The Kier molecular flexibility index (Phi) is 6.66. The van der Waals surface area contributed by atoms with Gasteiger partial charge in [0.1, 0.15) is 0 Å². The molecule has 0 saturated heterocycles. The fraction of sp³-hybridized carbons (Fsp3) is 0.500. The molecule has 20 heavy (non-hydrogen) atoms. The van der Waals surface area contributed by atoms with Crippen molar-refractivity contribution in [1.29, 1.82) is 0 Å². The monoisotopic (exact) mass is 279 g/mol. The molecule has 0 aliphatic carbocycles. The van der Waals surface area contributed by atoms with E-state index in [1.54, 1.807) is 12.1 Å². The number of non-ortho nitro benzene ring substituents is 1. The quantitative estimate of drug-likeness (QED) is 0.558. The van der Waals surface area contributed by atoms with Crippen LogP contribution < -0.4 is 10.6 Å². The van der Waals surface area contributed by atoms with Crippen LogP contribution in [0.25, 0.3) is 0 Å². The first-order valence-electron chi connectivity index (χ1n) is 6.76. The normalized spacial score (nSPS) is 11.9. The first-order valence-corrected chi connectivity index (χ1v) is 6.76. The maximum absolute atomic E-state index is 11.7. The fourth-order valence-corrected chi connectivity index (χ4v) is 1.74. The van der Waals surface area contributed by atoms with E-state index in [1.807, 2.05) is 13.8 Å². The zero-order valence-corrected chi connectivity index (χ0v) is 11.9. The van der Waals surface area contributed by atoms with Crippen molar-refractivity contribution in [2.75, 3.05) is 19.6 Å². The Labute approximate surface area is 118 Å². The molecule has 1 amide bonds. The van der Waals surface area contributed by atoms with Gasteiger partial charge >= 0.3 is 0 Å². The Morgan fingerprint density at radius 3 is 2.55 bits per heavy atom. The zero-order chi connectivity index (χ0) is 15.0. The Hall–Kier alpha value is -1.95. The maximum Gasteiger partial charge on any atom is 0.269 e. The molecule has 1 aromatic carbocycles. The molecular weight excluding hydrogens is 258 g/mol. The van der Waals surface area contributed by atoms with Crippen LogP contribution in [0.5, 0.6) is 0 Å². The van der Waals surface area contributed by atoms with Crippen molar-refractivity contribution in [2.24, 2.45) is 5.92 Å². The molecule has 1 rings (SSSR count). The lowest BCUT2D eigenvalue weighted by Crippen LogP contribution is -2.36. The molecule has 0 aliphatic heterocycles. The summed E-state index contributed by atoms with van der Waals surface area (Å²) in [5.74, 6) is -0.0420. The largest absolute Gasteiger partial charge is 0.355 e. The number of benzene rings is 1. The number of hydrogen-bond donors (Lipinski definition) is 2. The minimum Gasteiger partial charge on any atom is -0.355 e. The molecule has 0 radical (unpaired) electrons.